The maximum atomic E-state index is 12.1. The number of carboxylic acid groups (broad SMARTS) is 1. The van der Waals surface area contributed by atoms with E-state index >= 15 is 0 Å². The lowest BCUT2D eigenvalue weighted by Gasteiger charge is -2.08. The van der Waals surface area contributed by atoms with Crippen LogP contribution < -0.4 is 9.60 Å². The van der Waals surface area contributed by atoms with Crippen LogP contribution in [0.25, 0.3) is 0 Å². The Bertz CT molecular complexity index is 821. The van der Waals surface area contributed by atoms with Gasteiger partial charge in [0.25, 0.3) is 10.0 Å². The fraction of sp³-hybridized carbons (Fsp3) is 0.100. The van der Waals surface area contributed by atoms with Crippen molar-refractivity contribution in [2.45, 2.75) is 11.1 Å². The zero-order chi connectivity index (χ0) is 14.9. The summed E-state index contributed by atoms with van der Waals surface area (Å²) in [5.41, 5.74) is -0.100. The van der Waals surface area contributed by atoms with Crippen LogP contribution in [0.2, 0.25) is 0 Å². The highest BCUT2D eigenvalue weighted by Crippen LogP contribution is 2.21. The standard InChI is InChI=1S/C10H9N3O5S2/c1-5-9(19-10(16)12-5)20(17,18)13-7-6(8(14)15)3-2-4-11-7/h2-4H,1H3,(H,11,13)(H,12,16)(H,14,15). The summed E-state index contributed by atoms with van der Waals surface area (Å²) in [6, 6.07) is 2.60. The van der Waals surface area contributed by atoms with Crippen molar-refractivity contribution in [1.82, 2.24) is 9.97 Å². The number of carboxylic acids is 1. The summed E-state index contributed by atoms with van der Waals surface area (Å²) in [7, 11) is -4.07. The summed E-state index contributed by atoms with van der Waals surface area (Å²) < 4.78 is 26.1. The van der Waals surface area contributed by atoms with Crippen molar-refractivity contribution in [3.8, 4) is 0 Å². The Balaban J connectivity index is 2.47. The first kappa shape index (κ1) is 14.2. The SMILES string of the molecule is Cc1[nH]c(=O)sc1S(=O)(=O)Nc1ncccc1C(=O)O. The molecule has 3 N–H and O–H groups in total. The third-order valence-corrected chi connectivity index (χ3v) is 5.24. The van der Waals surface area contributed by atoms with Crippen molar-refractivity contribution < 1.29 is 18.3 Å². The molecule has 0 atom stereocenters. The van der Waals surface area contributed by atoms with Crippen LogP contribution in [0.1, 0.15) is 16.1 Å². The minimum absolute atomic E-state index is 0.181. The molecule has 2 aromatic rings. The number of aromatic amines is 1. The van der Waals surface area contributed by atoms with E-state index in [1.54, 1.807) is 0 Å². The van der Waals surface area contributed by atoms with E-state index in [-0.39, 0.29) is 21.3 Å². The van der Waals surface area contributed by atoms with Gasteiger partial charge in [-0.15, -0.1) is 0 Å². The number of nitrogens with zero attached hydrogens (tertiary/aromatic N) is 1. The number of aromatic nitrogens is 2. The Kier molecular flexibility index (Phi) is 3.59. The van der Waals surface area contributed by atoms with E-state index in [9.17, 15) is 18.0 Å². The van der Waals surface area contributed by atoms with Gasteiger partial charge in [-0.05, 0) is 19.1 Å². The van der Waals surface area contributed by atoms with Crippen LogP contribution in [0, 0.1) is 6.92 Å². The second-order valence-corrected chi connectivity index (χ2v) is 6.60. The van der Waals surface area contributed by atoms with E-state index in [0.717, 1.165) is 0 Å². The highest BCUT2D eigenvalue weighted by molar-refractivity contribution is 7.94. The van der Waals surface area contributed by atoms with E-state index in [2.05, 4.69) is 14.7 Å². The average molecular weight is 315 g/mol. The van der Waals surface area contributed by atoms with E-state index in [1.807, 2.05) is 0 Å². The largest absolute Gasteiger partial charge is 0.478 e. The zero-order valence-corrected chi connectivity index (χ0v) is 11.7. The molecule has 0 aliphatic rings. The lowest BCUT2D eigenvalue weighted by Crippen LogP contribution is -2.16. The van der Waals surface area contributed by atoms with Gasteiger partial charge in [0, 0.05) is 11.9 Å². The average Bonchev–Trinajstić information content (AvgIpc) is 2.69. The normalized spacial score (nSPS) is 11.2. The topological polar surface area (TPSA) is 129 Å². The predicted molar refractivity (Wildman–Crippen MR) is 71.7 cm³/mol. The first-order valence-electron chi connectivity index (χ1n) is 5.22. The van der Waals surface area contributed by atoms with Gasteiger partial charge in [-0.3, -0.25) is 9.52 Å². The summed E-state index contributed by atoms with van der Waals surface area (Å²) in [5, 5.41) is 8.96. The smallest absolute Gasteiger partial charge is 0.339 e. The maximum Gasteiger partial charge on any atom is 0.339 e. The molecule has 0 aromatic carbocycles. The molecule has 10 heteroatoms. The van der Waals surface area contributed by atoms with Crippen LogP contribution in [-0.2, 0) is 10.0 Å². The Morgan fingerprint density at radius 1 is 1.50 bits per heavy atom. The number of H-pyrrole nitrogens is 1. The van der Waals surface area contributed by atoms with Crippen LogP contribution in [0.3, 0.4) is 0 Å². The molecular formula is C10H9N3O5S2. The number of hydrogen-bond donors (Lipinski definition) is 3. The fourth-order valence-corrected chi connectivity index (χ4v) is 3.81. The Labute approximate surface area is 117 Å². The quantitative estimate of drug-likeness (QED) is 0.759. The molecule has 106 valence electrons. The molecule has 0 fully saturated rings. The van der Waals surface area contributed by atoms with Gasteiger partial charge in [0.05, 0.1) is 0 Å². The molecule has 2 rings (SSSR count). The molecule has 0 radical (unpaired) electrons. The van der Waals surface area contributed by atoms with Gasteiger partial charge >= 0.3 is 10.8 Å². The van der Waals surface area contributed by atoms with Crippen LogP contribution in [0.4, 0.5) is 5.82 Å². The van der Waals surface area contributed by atoms with Gasteiger partial charge in [-0.1, -0.05) is 11.3 Å². The molecule has 0 aliphatic heterocycles. The van der Waals surface area contributed by atoms with Crippen molar-refractivity contribution in [1.29, 1.82) is 0 Å². The van der Waals surface area contributed by atoms with Crippen molar-refractivity contribution >= 4 is 33.1 Å². The number of anilines is 1. The van der Waals surface area contributed by atoms with Crippen molar-refractivity contribution in [3.05, 3.63) is 39.3 Å². The van der Waals surface area contributed by atoms with Gasteiger partial charge in [0.2, 0.25) is 0 Å². The highest BCUT2D eigenvalue weighted by atomic mass is 32.2. The van der Waals surface area contributed by atoms with Gasteiger partial charge in [-0.2, -0.15) is 0 Å². The lowest BCUT2D eigenvalue weighted by molar-refractivity contribution is 0.0697. The monoisotopic (exact) mass is 315 g/mol. The zero-order valence-electron chi connectivity index (χ0n) is 10.1. The number of nitrogens with one attached hydrogen (secondary N) is 2. The molecule has 2 aromatic heterocycles. The van der Waals surface area contributed by atoms with Gasteiger partial charge in [0.15, 0.2) is 10.0 Å². The molecule has 2 heterocycles. The molecule has 8 nitrogen and oxygen atoms in total. The van der Waals surface area contributed by atoms with E-state index < -0.39 is 20.9 Å². The van der Waals surface area contributed by atoms with Gasteiger partial charge < -0.3 is 10.1 Å². The first-order valence-corrected chi connectivity index (χ1v) is 7.52. The van der Waals surface area contributed by atoms with E-state index in [0.29, 0.717) is 11.3 Å². The summed E-state index contributed by atoms with van der Waals surface area (Å²) in [6.07, 6.45) is 1.26. The van der Waals surface area contributed by atoms with Crippen molar-refractivity contribution in [2.24, 2.45) is 0 Å². The molecule has 0 saturated carbocycles. The van der Waals surface area contributed by atoms with Crippen molar-refractivity contribution in [3.63, 3.8) is 0 Å². The summed E-state index contributed by atoms with van der Waals surface area (Å²) in [5.74, 6) is -1.62. The third kappa shape index (κ3) is 2.70. The van der Waals surface area contributed by atoms with Crippen LogP contribution >= 0.6 is 11.3 Å². The first-order chi connectivity index (χ1) is 9.31. The number of pyridine rings is 1. The molecule has 0 aliphatic carbocycles. The number of carbonyl (C=O) groups is 1. The summed E-state index contributed by atoms with van der Waals surface area (Å²) >= 11 is 0.518. The van der Waals surface area contributed by atoms with E-state index in [4.69, 9.17) is 5.11 Å². The van der Waals surface area contributed by atoms with Gasteiger partial charge in [0.1, 0.15) is 5.56 Å². The molecule has 20 heavy (non-hydrogen) atoms. The van der Waals surface area contributed by atoms with Crippen LogP contribution in [0.15, 0.2) is 27.3 Å². The summed E-state index contributed by atoms with van der Waals surface area (Å²) in [6.45, 7) is 1.43. The molecule has 0 saturated heterocycles. The predicted octanol–water partition coefficient (Wildman–Crippen LogP) is 0.639. The molecule has 0 unspecified atom stereocenters. The second kappa shape index (κ2) is 5.06. The molecular weight excluding hydrogens is 306 g/mol. The summed E-state index contributed by atoms with van der Waals surface area (Å²) in [4.78, 5) is 27.7. The fourth-order valence-electron chi connectivity index (χ4n) is 1.48. The van der Waals surface area contributed by atoms with Crippen LogP contribution in [0.5, 0.6) is 0 Å². The number of aromatic carboxylic acids is 1. The number of hydrogen-bond acceptors (Lipinski definition) is 6. The molecule has 0 amide bonds. The number of aryl methyl sites for hydroxylation is 1. The number of thiazole rings is 1. The number of sulfonamides is 1. The highest BCUT2D eigenvalue weighted by Gasteiger charge is 2.23. The second-order valence-electron chi connectivity index (χ2n) is 3.74. The van der Waals surface area contributed by atoms with Crippen molar-refractivity contribution in [2.75, 3.05) is 4.72 Å². The number of rotatable bonds is 4. The molecule has 0 bridgehead atoms. The maximum absolute atomic E-state index is 12.1. The lowest BCUT2D eigenvalue weighted by atomic mass is 10.3. The van der Waals surface area contributed by atoms with Crippen LogP contribution in [-0.4, -0.2) is 29.5 Å². The molecule has 0 spiro atoms. The minimum Gasteiger partial charge on any atom is -0.478 e. The van der Waals surface area contributed by atoms with E-state index in [1.165, 1.54) is 25.3 Å². The Morgan fingerprint density at radius 2 is 2.20 bits per heavy atom. The Morgan fingerprint density at radius 3 is 2.75 bits per heavy atom. The van der Waals surface area contributed by atoms with Gasteiger partial charge in [-0.25, -0.2) is 18.2 Å². The third-order valence-electron chi connectivity index (χ3n) is 2.29. The Hall–Kier alpha value is -2.20. The minimum atomic E-state index is -4.07.